The summed E-state index contributed by atoms with van der Waals surface area (Å²) < 4.78 is 0. The van der Waals surface area contributed by atoms with E-state index in [9.17, 15) is 4.79 Å². The smallest absolute Gasteiger partial charge is 0.227 e. The first kappa shape index (κ1) is 16.0. The van der Waals surface area contributed by atoms with E-state index in [-0.39, 0.29) is 17.9 Å². The Bertz CT molecular complexity index is 432. The van der Waals surface area contributed by atoms with Gasteiger partial charge in [0.15, 0.2) is 0 Å². The Morgan fingerprint density at radius 3 is 2.68 bits per heavy atom. The fraction of sp³-hybridized carbons (Fsp3) is 0.533. The van der Waals surface area contributed by atoms with Gasteiger partial charge in [-0.15, -0.1) is 0 Å². The molecule has 0 aliphatic heterocycles. The highest BCUT2D eigenvalue weighted by Gasteiger charge is 2.14. The molecular weight excluding hydrogens is 260 g/mol. The third-order valence-electron chi connectivity index (χ3n) is 3.27. The molecule has 1 amide bonds. The first-order chi connectivity index (χ1) is 8.91. The number of carbonyl (C=O) groups is 1. The number of nitrogens with one attached hydrogen (secondary N) is 1. The number of carbonyl (C=O) groups excluding carboxylic acids is 1. The summed E-state index contributed by atoms with van der Waals surface area (Å²) in [6.07, 6.45) is 2.78. The molecule has 106 valence electrons. The van der Waals surface area contributed by atoms with Crippen molar-refractivity contribution in [2.45, 2.75) is 46.1 Å². The molecule has 19 heavy (non-hydrogen) atoms. The van der Waals surface area contributed by atoms with E-state index in [0.717, 1.165) is 30.5 Å². The number of rotatable bonds is 6. The van der Waals surface area contributed by atoms with Gasteiger partial charge in [0.2, 0.25) is 5.91 Å². The van der Waals surface area contributed by atoms with Crippen molar-refractivity contribution in [3.8, 4) is 0 Å². The minimum absolute atomic E-state index is 0.0165. The van der Waals surface area contributed by atoms with Crippen molar-refractivity contribution in [1.82, 2.24) is 0 Å². The molecule has 1 aromatic rings. The largest absolute Gasteiger partial charge is 0.328 e. The van der Waals surface area contributed by atoms with E-state index in [1.54, 1.807) is 0 Å². The second kappa shape index (κ2) is 7.51. The molecule has 0 saturated carbocycles. The van der Waals surface area contributed by atoms with Crippen molar-refractivity contribution >= 4 is 23.2 Å². The molecule has 1 aromatic carbocycles. The minimum atomic E-state index is -0.0165. The van der Waals surface area contributed by atoms with Crippen LogP contribution in [0.2, 0.25) is 5.02 Å². The quantitative estimate of drug-likeness (QED) is 0.835. The Hall–Kier alpha value is -1.06. The average Bonchev–Trinajstić information content (AvgIpc) is 2.34. The number of nitrogens with two attached hydrogens (primary N) is 1. The molecule has 0 saturated heterocycles. The van der Waals surface area contributed by atoms with Crippen LogP contribution in [0.1, 0.15) is 38.7 Å². The monoisotopic (exact) mass is 282 g/mol. The Morgan fingerprint density at radius 1 is 1.37 bits per heavy atom. The molecule has 0 aliphatic carbocycles. The van der Waals surface area contributed by atoms with Gasteiger partial charge < -0.3 is 11.1 Å². The third kappa shape index (κ3) is 5.21. The summed E-state index contributed by atoms with van der Waals surface area (Å²) in [5.41, 5.74) is 7.39. The van der Waals surface area contributed by atoms with Crippen molar-refractivity contribution in [2.75, 3.05) is 5.32 Å². The van der Waals surface area contributed by atoms with Gasteiger partial charge in [-0.1, -0.05) is 31.0 Å². The molecule has 0 aliphatic rings. The first-order valence-corrected chi connectivity index (χ1v) is 7.11. The Morgan fingerprint density at radius 2 is 2.05 bits per heavy atom. The molecule has 0 fully saturated rings. The molecule has 0 bridgehead atoms. The SMILES string of the molecule is Cc1c(Cl)cccc1NC(=O)C(C)CCCC(C)N. The normalized spacial score (nSPS) is 13.9. The van der Waals surface area contributed by atoms with Gasteiger partial charge in [0.05, 0.1) is 0 Å². The van der Waals surface area contributed by atoms with Gasteiger partial charge in [-0.05, 0) is 44.4 Å². The van der Waals surface area contributed by atoms with E-state index < -0.39 is 0 Å². The van der Waals surface area contributed by atoms with Crippen LogP contribution in [0, 0.1) is 12.8 Å². The number of hydrogen-bond acceptors (Lipinski definition) is 2. The van der Waals surface area contributed by atoms with E-state index in [1.807, 2.05) is 39.0 Å². The zero-order valence-electron chi connectivity index (χ0n) is 11.9. The highest BCUT2D eigenvalue weighted by molar-refractivity contribution is 6.31. The summed E-state index contributed by atoms with van der Waals surface area (Å²) in [5, 5.41) is 3.60. The summed E-state index contributed by atoms with van der Waals surface area (Å²) in [4.78, 5) is 12.1. The lowest BCUT2D eigenvalue weighted by atomic mass is 10.0. The molecule has 2 atom stereocenters. The van der Waals surface area contributed by atoms with Gasteiger partial charge in [-0.3, -0.25) is 4.79 Å². The van der Waals surface area contributed by atoms with Gasteiger partial charge in [-0.25, -0.2) is 0 Å². The number of halogens is 1. The van der Waals surface area contributed by atoms with E-state index in [4.69, 9.17) is 17.3 Å². The Labute approximate surface area is 120 Å². The minimum Gasteiger partial charge on any atom is -0.328 e. The third-order valence-corrected chi connectivity index (χ3v) is 3.68. The lowest BCUT2D eigenvalue weighted by Crippen LogP contribution is -2.22. The van der Waals surface area contributed by atoms with Gasteiger partial charge in [0.1, 0.15) is 0 Å². The van der Waals surface area contributed by atoms with Crippen LogP contribution in [0.4, 0.5) is 5.69 Å². The van der Waals surface area contributed by atoms with Crippen molar-refractivity contribution in [1.29, 1.82) is 0 Å². The number of anilines is 1. The van der Waals surface area contributed by atoms with Crippen LogP contribution in [0.5, 0.6) is 0 Å². The molecule has 1 rings (SSSR count). The highest BCUT2D eigenvalue weighted by atomic mass is 35.5. The lowest BCUT2D eigenvalue weighted by Gasteiger charge is -2.14. The first-order valence-electron chi connectivity index (χ1n) is 6.73. The van der Waals surface area contributed by atoms with Crippen LogP contribution in [-0.4, -0.2) is 11.9 Å². The summed E-state index contributed by atoms with van der Waals surface area (Å²) in [5.74, 6) is 0.0205. The van der Waals surface area contributed by atoms with E-state index in [1.165, 1.54) is 0 Å². The molecule has 2 unspecified atom stereocenters. The summed E-state index contributed by atoms with van der Waals surface area (Å²) in [6.45, 7) is 5.83. The fourth-order valence-corrected chi connectivity index (χ4v) is 2.05. The second-order valence-electron chi connectivity index (χ2n) is 5.21. The maximum atomic E-state index is 12.1. The van der Waals surface area contributed by atoms with E-state index in [2.05, 4.69) is 5.32 Å². The topological polar surface area (TPSA) is 55.1 Å². The molecule has 0 spiro atoms. The number of amides is 1. The predicted octanol–water partition coefficient (Wildman–Crippen LogP) is 3.74. The molecular formula is C15H23ClN2O. The number of benzene rings is 1. The fourth-order valence-electron chi connectivity index (χ4n) is 1.88. The predicted molar refractivity (Wildman–Crippen MR) is 81.5 cm³/mol. The molecule has 0 radical (unpaired) electrons. The lowest BCUT2D eigenvalue weighted by molar-refractivity contribution is -0.119. The molecule has 3 nitrogen and oxygen atoms in total. The molecule has 3 N–H and O–H groups in total. The maximum Gasteiger partial charge on any atom is 0.227 e. The second-order valence-corrected chi connectivity index (χ2v) is 5.62. The summed E-state index contributed by atoms with van der Waals surface area (Å²) in [7, 11) is 0. The van der Waals surface area contributed by atoms with Gasteiger partial charge in [-0.2, -0.15) is 0 Å². The Balaban J connectivity index is 2.52. The van der Waals surface area contributed by atoms with Gasteiger partial charge in [0, 0.05) is 22.7 Å². The zero-order chi connectivity index (χ0) is 14.4. The van der Waals surface area contributed by atoms with Crippen molar-refractivity contribution in [3.05, 3.63) is 28.8 Å². The van der Waals surface area contributed by atoms with Gasteiger partial charge >= 0.3 is 0 Å². The van der Waals surface area contributed by atoms with Crippen molar-refractivity contribution in [3.63, 3.8) is 0 Å². The van der Waals surface area contributed by atoms with Crippen LogP contribution in [0.15, 0.2) is 18.2 Å². The molecule has 0 heterocycles. The van der Waals surface area contributed by atoms with Crippen LogP contribution in [0.3, 0.4) is 0 Å². The molecule has 0 aromatic heterocycles. The summed E-state index contributed by atoms with van der Waals surface area (Å²) in [6, 6.07) is 5.73. The summed E-state index contributed by atoms with van der Waals surface area (Å²) >= 11 is 6.03. The molecule has 4 heteroatoms. The van der Waals surface area contributed by atoms with Gasteiger partial charge in [0.25, 0.3) is 0 Å². The zero-order valence-corrected chi connectivity index (χ0v) is 12.6. The standard InChI is InChI=1S/C15H23ClN2O/c1-10(6-4-7-11(2)17)15(19)18-14-9-5-8-13(16)12(14)3/h5,8-11H,4,6-7,17H2,1-3H3,(H,18,19). The maximum absolute atomic E-state index is 12.1. The van der Waals surface area contributed by atoms with Crippen LogP contribution in [-0.2, 0) is 4.79 Å². The van der Waals surface area contributed by atoms with Crippen LogP contribution >= 0.6 is 11.6 Å². The van der Waals surface area contributed by atoms with Crippen LogP contribution in [0.25, 0.3) is 0 Å². The van der Waals surface area contributed by atoms with Crippen molar-refractivity contribution < 1.29 is 4.79 Å². The Kier molecular flexibility index (Phi) is 6.32. The van der Waals surface area contributed by atoms with Crippen molar-refractivity contribution in [2.24, 2.45) is 11.7 Å². The average molecular weight is 283 g/mol. The van der Waals surface area contributed by atoms with E-state index >= 15 is 0 Å². The number of hydrogen-bond donors (Lipinski definition) is 2. The van der Waals surface area contributed by atoms with E-state index in [0.29, 0.717) is 5.02 Å². The highest BCUT2D eigenvalue weighted by Crippen LogP contribution is 2.23. The van der Waals surface area contributed by atoms with Crippen LogP contribution < -0.4 is 11.1 Å².